The Balaban J connectivity index is 2.09. The number of rotatable bonds is 7. The summed E-state index contributed by atoms with van der Waals surface area (Å²) in [5.74, 6) is -1.68. The molecule has 9 heteroatoms. The Bertz CT molecular complexity index is 946. The summed E-state index contributed by atoms with van der Waals surface area (Å²) < 4.78 is 10.00. The molecule has 4 N–H and O–H groups in total. The van der Waals surface area contributed by atoms with E-state index in [1.54, 1.807) is 26.0 Å². The number of ketones is 1. The molecule has 0 radical (unpaired) electrons. The molecule has 0 aliphatic rings. The normalized spacial score (nSPS) is 11.4. The number of hydrogen-bond acceptors (Lipinski definition) is 6. The number of Topliss-reactive ketones (excluding diaryl/α,β-unsaturated/α-hetero) is 1. The summed E-state index contributed by atoms with van der Waals surface area (Å²) in [7, 11) is 1.26. The number of esters is 2. The van der Waals surface area contributed by atoms with Crippen molar-refractivity contribution in [2.45, 2.75) is 33.4 Å². The van der Waals surface area contributed by atoms with Crippen LogP contribution in [0.15, 0.2) is 24.3 Å². The Hall–Kier alpha value is -3.62. The largest absolute Gasteiger partial charge is 0.465 e. The Morgan fingerprint density at radius 2 is 1.72 bits per heavy atom. The molecule has 0 saturated heterocycles. The fourth-order valence-electron chi connectivity index (χ4n) is 2.84. The van der Waals surface area contributed by atoms with Crippen LogP contribution < -0.4 is 11.1 Å². The van der Waals surface area contributed by atoms with E-state index in [2.05, 4.69) is 10.3 Å². The van der Waals surface area contributed by atoms with Gasteiger partial charge in [-0.25, -0.2) is 14.4 Å². The Morgan fingerprint density at radius 1 is 1.10 bits per heavy atom. The van der Waals surface area contributed by atoms with Crippen LogP contribution in [-0.4, -0.2) is 42.0 Å². The zero-order valence-electron chi connectivity index (χ0n) is 16.6. The van der Waals surface area contributed by atoms with Crippen LogP contribution in [0.4, 0.5) is 4.79 Å². The summed E-state index contributed by atoms with van der Waals surface area (Å²) in [6.07, 6.45) is -1.07. The lowest BCUT2D eigenvalue weighted by atomic mass is 10.1. The van der Waals surface area contributed by atoms with Crippen molar-refractivity contribution < 1.29 is 28.7 Å². The van der Waals surface area contributed by atoms with Crippen molar-refractivity contribution in [1.82, 2.24) is 10.3 Å². The lowest BCUT2D eigenvalue weighted by Crippen LogP contribution is -2.28. The molecule has 1 aromatic carbocycles. The number of urea groups is 1. The maximum absolute atomic E-state index is 12.7. The van der Waals surface area contributed by atoms with E-state index in [1.165, 1.54) is 26.2 Å². The number of carbonyl (C=O) groups is 4. The first-order chi connectivity index (χ1) is 13.6. The van der Waals surface area contributed by atoms with E-state index >= 15 is 0 Å². The summed E-state index contributed by atoms with van der Waals surface area (Å²) in [5, 5.41) is 2.44. The quantitative estimate of drug-likeness (QED) is 0.479. The lowest BCUT2D eigenvalue weighted by Gasteiger charge is -2.12. The van der Waals surface area contributed by atoms with Gasteiger partial charge >= 0.3 is 18.0 Å². The summed E-state index contributed by atoms with van der Waals surface area (Å²) in [4.78, 5) is 50.5. The first kappa shape index (κ1) is 21.7. The smallest absolute Gasteiger partial charge is 0.339 e. The molecule has 1 aromatic heterocycles. The molecule has 0 bridgehead atoms. The molecule has 29 heavy (non-hydrogen) atoms. The number of ether oxygens (including phenoxy) is 2. The molecule has 1 unspecified atom stereocenters. The zero-order valence-corrected chi connectivity index (χ0v) is 16.6. The monoisotopic (exact) mass is 401 g/mol. The van der Waals surface area contributed by atoms with Crippen molar-refractivity contribution in [3.8, 4) is 0 Å². The summed E-state index contributed by atoms with van der Waals surface area (Å²) >= 11 is 0. The van der Waals surface area contributed by atoms with Crippen LogP contribution in [0.3, 0.4) is 0 Å². The van der Waals surface area contributed by atoms with Crippen molar-refractivity contribution in [1.29, 1.82) is 0 Å². The molecule has 0 aliphatic heterocycles. The van der Waals surface area contributed by atoms with Crippen LogP contribution >= 0.6 is 0 Å². The number of primary amides is 1. The van der Waals surface area contributed by atoms with E-state index in [0.29, 0.717) is 11.3 Å². The van der Waals surface area contributed by atoms with Crippen LogP contribution in [-0.2, 0) is 16.0 Å². The number of amides is 2. The van der Waals surface area contributed by atoms with Gasteiger partial charge in [-0.3, -0.25) is 4.79 Å². The zero-order chi connectivity index (χ0) is 21.7. The highest BCUT2D eigenvalue weighted by Gasteiger charge is 2.27. The highest BCUT2D eigenvalue weighted by atomic mass is 16.5. The lowest BCUT2D eigenvalue weighted by molar-refractivity contribution is 0.0316. The standard InChI is InChI=1S/C20H23N3O6/c1-10-15(19(26)28-4)11(2)23-16(10)17(24)12(3)29-18(25)14-7-5-13(6-8-14)9-22-20(21)27/h5-8,12,23H,9H2,1-4H3,(H3,21,22,27). The summed E-state index contributed by atoms with van der Waals surface area (Å²) in [6.45, 7) is 4.96. The van der Waals surface area contributed by atoms with E-state index in [4.69, 9.17) is 15.2 Å². The number of aryl methyl sites for hydroxylation is 1. The fourth-order valence-corrected chi connectivity index (χ4v) is 2.84. The van der Waals surface area contributed by atoms with E-state index in [-0.39, 0.29) is 23.4 Å². The molecule has 0 fully saturated rings. The average molecular weight is 401 g/mol. The van der Waals surface area contributed by atoms with Gasteiger partial charge in [0.1, 0.15) is 0 Å². The van der Waals surface area contributed by atoms with Crippen LogP contribution in [0, 0.1) is 13.8 Å². The Kier molecular flexibility index (Phi) is 6.76. The van der Waals surface area contributed by atoms with Gasteiger partial charge in [0, 0.05) is 12.2 Å². The van der Waals surface area contributed by atoms with E-state index < -0.39 is 29.9 Å². The van der Waals surface area contributed by atoms with Crippen LogP contribution in [0.25, 0.3) is 0 Å². The van der Waals surface area contributed by atoms with E-state index in [0.717, 1.165) is 5.56 Å². The van der Waals surface area contributed by atoms with Crippen molar-refractivity contribution >= 4 is 23.8 Å². The second kappa shape index (κ2) is 9.05. The molecule has 9 nitrogen and oxygen atoms in total. The van der Waals surface area contributed by atoms with E-state index in [1.807, 2.05) is 0 Å². The van der Waals surface area contributed by atoms with Gasteiger partial charge < -0.3 is 25.5 Å². The number of nitrogens with two attached hydrogens (primary N) is 1. The number of carbonyl (C=O) groups excluding carboxylic acids is 4. The van der Waals surface area contributed by atoms with Crippen LogP contribution in [0.1, 0.15) is 54.9 Å². The molecule has 0 aliphatic carbocycles. The minimum Gasteiger partial charge on any atom is -0.465 e. The third-order valence-electron chi connectivity index (χ3n) is 4.38. The minimum absolute atomic E-state index is 0.191. The molecule has 2 amide bonds. The van der Waals surface area contributed by atoms with Gasteiger partial charge in [-0.1, -0.05) is 12.1 Å². The third kappa shape index (κ3) is 5.01. The average Bonchev–Trinajstić information content (AvgIpc) is 2.99. The SMILES string of the molecule is COC(=O)c1c(C)[nH]c(C(=O)C(C)OC(=O)c2ccc(CNC(N)=O)cc2)c1C. The number of benzene rings is 1. The molecule has 1 atom stereocenters. The Labute approximate surface area is 167 Å². The van der Waals surface area contributed by atoms with Gasteiger partial charge in [0.25, 0.3) is 0 Å². The molecular weight excluding hydrogens is 378 g/mol. The van der Waals surface area contributed by atoms with Crippen molar-refractivity contribution in [3.05, 3.63) is 57.9 Å². The highest BCUT2D eigenvalue weighted by Crippen LogP contribution is 2.21. The minimum atomic E-state index is -1.07. The van der Waals surface area contributed by atoms with Crippen molar-refractivity contribution in [3.63, 3.8) is 0 Å². The number of H-pyrrole nitrogens is 1. The van der Waals surface area contributed by atoms with Gasteiger partial charge in [-0.05, 0) is 44.0 Å². The topological polar surface area (TPSA) is 141 Å². The molecule has 154 valence electrons. The second-order valence-corrected chi connectivity index (χ2v) is 6.44. The first-order valence-corrected chi connectivity index (χ1v) is 8.80. The Morgan fingerprint density at radius 3 is 2.28 bits per heavy atom. The molecule has 0 saturated carbocycles. The predicted octanol–water partition coefficient (Wildman–Crippen LogP) is 2.01. The van der Waals surface area contributed by atoms with Gasteiger partial charge in [0.2, 0.25) is 5.78 Å². The summed E-state index contributed by atoms with van der Waals surface area (Å²) in [6, 6.07) is 5.68. The number of nitrogens with one attached hydrogen (secondary N) is 2. The van der Waals surface area contributed by atoms with Crippen LogP contribution in [0.2, 0.25) is 0 Å². The van der Waals surface area contributed by atoms with Crippen LogP contribution in [0.5, 0.6) is 0 Å². The summed E-state index contributed by atoms with van der Waals surface area (Å²) in [5.41, 5.74) is 7.42. The number of aromatic amines is 1. The van der Waals surface area contributed by atoms with Gasteiger partial charge in [0.05, 0.1) is 23.9 Å². The maximum Gasteiger partial charge on any atom is 0.339 e. The maximum atomic E-state index is 12.7. The highest BCUT2D eigenvalue weighted by molar-refractivity contribution is 6.04. The van der Waals surface area contributed by atoms with Gasteiger partial charge in [-0.15, -0.1) is 0 Å². The molecular formula is C20H23N3O6. The first-order valence-electron chi connectivity index (χ1n) is 8.80. The van der Waals surface area contributed by atoms with Crippen molar-refractivity contribution in [2.75, 3.05) is 7.11 Å². The predicted molar refractivity (Wildman–Crippen MR) is 104 cm³/mol. The number of methoxy groups -OCH3 is 1. The molecule has 2 rings (SSSR count). The van der Waals surface area contributed by atoms with E-state index in [9.17, 15) is 19.2 Å². The molecule has 1 heterocycles. The van der Waals surface area contributed by atoms with Gasteiger partial charge in [0.15, 0.2) is 6.10 Å². The third-order valence-corrected chi connectivity index (χ3v) is 4.38. The molecule has 0 spiro atoms. The molecule has 2 aromatic rings. The van der Waals surface area contributed by atoms with Gasteiger partial charge in [-0.2, -0.15) is 0 Å². The number of hydrogen-bond donors (Lipinski definition) is 3. The number of aromatic nitrogens is 1. The fraction of sp³-hybridized carbons (Fsp3) is 0.300. The second-order valence-electron chi connectivity index (χ2n) is 6.44. The van der Waals surface area contributed by atoms with Crippen molar-refractivity contribution in [2.24, 2.45) is 5.73 Å².